The lowest BCUT2D eigenvalue weighted by Gasteiger charge is -2.11. The smallest absolute Gasteiger partial charge is 0.313 e. The largest absolute Gasteiger partial charge is 0.481 e. The maximum Gasteiger partial charge on any atom is 0.313 e. The number of hydrogen-bond donors (Lipinski definition) is 1. The van der Waals surface area contributed by atoms with Crippen LogP contribution in [0.1, 0.15) is 22.7 Å². The van der Waals surface area contributed by atoms with E-state index in [1.807, 2.05) is 6.92 Å². The molecule has 0 aromatic carbocycles. The lowest BCUT2D eigenvalue weighted by atomic mass is 10.2. The van der Waals surface area contributed by atoms with Crippen molar-refractivity contribution in [2.75, 3.05) is 5.75 Å². The summed E-state index contributed by atoms with van der Waals surface area (Å²) < 4.78 is 1.68. The Morgan fingerprint density at radius 2 is 2.37 bits per heavy atom. The molecule has 0 radical (unpaired) electrons. The van der Waals surface area contributed by atoms with E-state index in [4.69, 9.17) is 5.11 Å². The summed E-state index contributed by atoms with van der Waals surface area (Å²) in [6.07, 6.45) is 0.837. The number of hydrogen-bond acceptors (Lipinski definition) is 6. The molecule has 0 amide bonds. The molecule has 0 fully saturated rings. The van der Waals surface area contributed by atoms with Crippen molar-refractivity contribution < 1.29 is 9.90 Å². The number of carboxylic acids is 1. The van der Waals surface area contributed by atoms with Crippen LogP contribution in [-0.4, -0.2) is 37.0 Å². The highest BCUT2D eigenvalue weighted by Gasteiger charge is 2.15. The Balaban J connectivity index is 2.04. The molecule has 0 aliphatic heterocycles. The van der Waals surface area contributed by atoms with Gasteiger partial charge in [-0.3, -0.25) is 4.79 Å². The second-order valence-corrected chi connectivity index (χ2v) is 6.47. The monoisotopic (exact) mass is 298 g/mol. The lowest BCUT2D eigenvalue weighted by molar-refractivity contribution is -0.133. The summed E-state index contributed by atoms with van der Waals surface area (Å²) in [6.45, 7) is 4.10. The van der Waals surface area contributed by atoms with Crippen molar-refractivity contribution in [1.29, 1.82) is 0 Å². The molecule has 102 valence electrons. The zero-order valence-electron chi connectivity index (χ0n) is 10.6. The van der Waals surface area contributed by atoms with E-state index >= 15 is 0 Å². The molecule has 1 atom stereocenters. The van der Waals surface area contributed by atoms with E-state index in [1.165, 1.54) is 9.75 Å². The van der Waals surface area contributed by atoms with Gasteiger partial charge in [-0.1, -0.05) is 11.8 Å². The first kappa shape index (κ1) is 14.0. The molecule has 1 unspecified atom stereocenters. The van der Waals surface area contributed by atoms with Gasteiger partial charge in [-0.15, -0.1) is 16.4 Å². The summed E-state index contributed by atoms with van der Waals surface area (Å²) in [7, 11) is 0. The van der Waals surface area contributed by atoms with Gasteiger partial charge in [0.2, 0.25) is 5.16 Å². The topological polar surface area (TPSA) is 80.9 Å². The van der Waals surface area contributed by atoms with E-state index in [0.717, 1.165) is 18.2 Å². The van der Waals surface area contributed by atoms with Crippen molar-refractivity contribution >= 4 is 29.1 Å². The van der Waals surface area contributed by atoms with Crippen LogP contribution in [0.5, 0.6) is 0 Å². The Labute approximate surface area is 118 Å². The molecule has 2 rings (SSSR count). The predicted molar refractivity (Wildman–Crippen MR) is 73.6 cm³/mol. The zero-order valence-corrected chi connectivity index (χ0v) is 12.2. The quantitative estimate of drug-likeness (QED) is 0.822. The van der Waals surface area contributed by atoms with Gasteiger partial charge in [-0.05, 0) is 36.4 Å². The molecule has 6 nitrogen and oxygen atoms in total. The van der Waals surface area contributed by atoms with Crippen molar-refractivity contribution in [3.63, 3.8) is 0 Å². The number of aryl methyl sites for hydroxylation is 1. The van der Waals surface area contributed by atoms with Crippen molar-refractivity contribution in [3.05, 3.63) is 21.9 Å². The van der Waals surface area contributed by atoms with Crippen molar-refractivity contribution in [1.82, 2.24) is 20.2 Å². The first-order chi connectivity index (χ1) is 9.06. The van der Waals surface area contributed by atoms with Crippen LogP contribution in [-0.2, 0) is 11.2 Å². The Morgan fingerprint density at radius 1 is 1.58 bits per heavy atom. The molecule has 0 spiro atoms. The molecule has 1 N–H and O–H groups in total. The number of carbonyl (C=O) groups is 1. The van der Waals surface area contributed by atoms with Crippen molar-refractivity contribution in [3.8, 4) is 0 Å². The van der Waals surface area contributed by atoms with Crippen LogP contribution in [0.3, 0.4) is 0 Å². The van der Waals surface area contributed by atoms with Crippen LogP contribution in [0, 0.1) is 6.92 Å². The molecule has 0 aliphatic rings. The lowest BCUT2D eigenvalue weighted by Crippen LogP contribution is -2.11. The van der Waals surface area contributed by atoms with Crippen molar-refractivity contribution in [2.24, 2.45) is 0 Å². The highest BCUT2D eigenvalue weighted by molar-refractivity contribution is 7.99. The molecule has 19 heavy (non-hydrogen) atoms. The van der Waals surface area contributed by atoms with E-state index in [9.17, 15) is 4.79 Å². The van der Waals surface area contributed by atoms with Gasteiger partial charge in [0.15, 0.2) is 0 Å². The van der Waals surface area contributed by atoms with Gasteiger partial charge in [-0.25, -0.2) is 4.68 Å². The highest BCUT2D eigenvalue weighted by atomic mass is 32.2. The third kappa shape index (κ3) is 3.77. The third-order valence-corrected chi connectivity index (χ3v) is 4.44. The number of aliphatic carboxylic acids is 1. The Morgan fingerprint density at radius 3 is 3.00 bits per heavy atom. The molecule has 0 aliphatic carbocycles. The number of thioether (sulfide) groups is 1. The minimum absolute atomic E-state index is 0.0365. The summed E-state index contributed by atoms with van der Waals surface area (Å²) in [5.74, 6) is -0.911. The Kier molecular flexibility index (Phi) is 4.54. The molecular formula is C11H14N4O2S2. The summed E-state index contributed by atoms with van der Waals surface area (Å²) in [4.78, 5) is 13.1. The normalized spacial score (nSPS) is 12.5. The number of carboxylic acid groups (broad SMARTS) is 1. The van der Waals surface area contributed by atoms with E-state index < -0.39 is 5.97 Å². The van der Waals surface area contributed by atoms with Gasteiger partial charge in [0.25, 0.3) is 0 Å². The number of tetrazole rings is 1. The van der Waals surface area contributed by atoms with E-state index in [1.54, 1.807) is 16.0 Å². The molecular weight excluding hydrogens is 284 g/mol. The fourth-order valence-electron chi connectivity index (χ4n) is 1.66. The first-order valence-electron chi connectivity index (χ1n) is 5.74. The average Bonchev–Trinajstić information content (AvgIpc) is 2.95. The Bertz CT molecular complexity index is 567. The van der Waals surface area contributed by atoms with Gasteiger partial charge < -0.3 is 5.11 Å². The van der Waals surface area contributed by atoms with Crippen molar-refractivity contribution in [2.45, 2.75) is 31.5 Å². The zero-order chi connectivity index (χ0) is 13.8. The average molecular weight is 298 g/mol. The van der Waals surface area contributed by atoms with E-state index in [0.29, 0.717) is 5.16 Å². The van der Waals surface area contributed by atoms with Gasteiger partial charge in [0, 0.05) is 16.2 Å². The maximum atomic E-state index is 10.6. The van der Waals surface area contributed by atoms with E-state index in [2.05, 4.69) is 34.6 Å². The van der Waals surface area contributed by atoms with Gasteiger partial charge in [-0.2, -0.15) is 0 Å². The second-order valence-electron chi connectivity index (χ2n) is 4.15. The van der Waals surface area contributed by atoms with Crippen LogP contribution in [0.15, 0.2) is 17.3 Å². The minimum atomic E-state index is -0.874. The number of aromatic nitrogens is 4. The molecule has 0 bridgehead atoms. The third-order valence-electron chi connectivity index (χ3n) is 2.50. The van der Waals surface area contributed by atoms with Crippen LogP contribution in [0.4, 0.5) is 0 Å². The molecule has 2 heterocycles. The fraction of sp³-hybridized carbons (Fsp3) is 0.455. The molecule has 8 heteroatoms. The van der Waals surface area contributed by atoms with Gasteiger partial charge >= 0.3 is 5.97 Å². The number of nitrogens with zero attached hydrogens (tertiary/aromatic N) is 4. The maximum absolute atomic E-state index is 10.6. The number of thiophene rings is 1. The molecule has 2 aromatic heterocycles. The minimum Gasteiger partial charge on any atom is -0.481 e. The van der Waals surface area contributed by atoms with E-state index in [-0.39, 0.29) is 11.8 Å². The van der Waals surface area contributed by atoms with Crippen LogP contribution < -0.4 is 0 Å². The standard InChI is InChI=1S/C11H14N4O2S2/c1-7(5-9-4-3-8(2)19-9)15-11(12-13-14-15)18-6-10(16)17/h3-4,7H,5-6H2,1-2H3,(H,16,17). The van der Waals surface area contributed by atoms with Gasteiger partial charge in [0.05, 0.1) is 11.8 Å². The molecule has 0 saturated carbocycles. The number of rotatable bonds is 6. The predicted octanol–water partition coefficient (Wildman–Crippen LogP) is 2.02. The van der Waals surface area contributed by atoms with Crippen LogP contribution >= 0.6 is 23.1 Å². The first-order valence-corrected chi connectivity index (χ1v) is 7.54. The fourth-order valence-corrected chi connectivity index (χ4v) is 3.36. The summed E-state index contributed by atoms with van der Waals surface area (Å²) in [5.41, 5.74) is 0. The van der Waals surface area contributed by atoms with Crippen LogP contribution in [0.25, 0.3) is 0 Å². The molecule has 0 saturated heterocycles. The highest BCUT2D eigenvalue weighted by Crippen LogP contribution is 2.23. The molecule has 2 aromatic rings. The summed E-state index contributed by atoms with van der Waals surface area (Å²) in [6, 6.07) is 4.29. The second kappa shape index (κ2) is 6.16. The summed E-state index contributed by atoms with van der Waals surface area (Å²) in [5, 5.41) is 20.7. The van der Waals surface area contributed by atoms with Crippen LogP contribution in [0.2, 0.25) is 0 Å². The summed E-state index contributed by atoms with van der Waals surface area (Å²) >= 11 is 2.89. The SMILES string of the molecule is Cc1ccc(CC(C)n2nnnc2SCC(=O)O)s1. The van der Waals surface area contributed by atoms with Gasteiger partial charge in [0.1, 0.15) is 0 Å². The Hall–Kier alpha value is -1.41.